The van der Waals surface area contributed by atoms with E-state index in [1.54, 1.807) is 24.3 Å². The first kappa shape index (κ1) is 18.2. The van der Waals surface area contributed by atoms with E-state index in [9.17, 15) is 9.59 Å². The van der Waals surface area contributed by atoms with Crippen LogP contribution < -0.4 is 15.6 Å². The number of amides is 2. The molecule has 0 bridgehead atoms. The Hall–Kier alpha value is -3.61. The molecule has 2 aromatic carbocycles. The van der Waals surface area contributed by atoms with Crippen LogP contribution in [0.4, 0.5) is 0 Å². The highest BCUT2D eigenvalue weighted by Gasteiger charge is 2.16. The lowest BCUT2D eigenvalue weighted by Gasteiger charge is -2.11. The lowest BCUT2D eigenvalue weighted by Crippen LogP contribution is -2.41. The quantitative estimate of drug-likeness (QED) is 0.607. The molecule has 0 aliphatic heterocycles. The summed E-state index contributed by atoms with van der Waals surface area (Å²) in [4.78, 5) is 24.6. The SMILES string of the molecule is CC(C)Oc1ccc(C(=O)NNC(=O)c2cn[nH]c2-c2ccccc2)cc1. The van der Waals surface area contributed by atoms with Gasteiger partial charge in [0.25, 0.3) is 11.8 Å². The summed E-state index contributed by atoms with van der Waals surface area (Å²) in [6, 6.07) is 16.0. The zero-order valence-electron chi connectivity index (χ0n) is 15.0. The molecule has 3 N–H and O–H groups in total. The highest BCUT2D eigenvalue weighted by atomic mass is 16.5. The van der Waals surface area contributed by atoms with Crippen LogP contribution in [0.1, 0.15) is 34.6 Å². The van der Waals surface area contributed by atoms with E-state index < -0.39 is 11.8 Å². The lowest BCUT2D eigenvalue weighted by atomic mass is 10.1. The van der Waals surface area contributed by atoms with Gasteiger partial charge >= 0.3 is 0 Å². The van der Waals surface area contributed by atoms with Crippen molar-refractivity contribution >= 4 is 11.8 Å². The smallest absolute Gasteiger partial charge is 0.273 e. The predicted octanol–water partition coefficient (Wildman–Crippen LogP) is 2.94. The van der Waals surface area contributed by atoms with Crippen LogP contribution in [0.25, 0.3) is 11.3 Å². The molecule has 1 heterocycles. The van der Waals surface area contributed by atoms with Gasteiger partial charge in [0, 0.05) is 11.1 Å². The molecule has 0 spiro atoms. The van der Waals surface area contributed by atoms with Crippen molar-refractivity contribution in [3.05, 3.63) is 71.9 Å². The number of rotatable bonds is 5. The maximum absolute atomic E-state index is 12.4. The maximum Gasteiger partial charge on any atom is 0.273 e. The molecule has 1 aromatic heterocycles. The predicted molar refractivity (Wildman–Crippen MR) is 101 cm³/mol. The number of hydrazine groups is 1. The van der Waals surface area contributed by atoms with Gasteiger partial charge in [-0.15, -0.1) is 0 Å². The van der Waals surface area contributed by atoms with Crippen LogP contribution in [0.5, 0.6) is 5.75 Å². The van der Waals surface area contributed by atoms with Crippen LogP contribution in [0.15, 0.2) is 60.8 Å². The van der Waals surface area contributed by atoms with Crippen molar-refractivity contribution in [1.82, 2.24) is 21.0 Å². The van der Waals surface area contributed by atoms with Gasteiger partial charge in [-0.25, -0.2) is 0 Å². The monoisotopic (exact) mass is 364 g/mol. The molecular formula is C20H20N4O3. The Balaban J connectivity index is 1.63. The minimum atomic E-state index is -0.462. The number of H-pyrrole nitrogens is 1. The Morgan fingerprint density at radius 2 is 1.63 bits per heavy atom. The fourth-order valence-corrected chi connectivity index (χ4v) is 2.49. The van der Waals surface area contributed by atoms with Crippen LogP contribution in [0.2, 0.25) is 0 Å². The van der Waals surface area contributed by atoms with Crippen molar-refractivity contribution in [2.75, 3.05) is 0 Å². The van der Waals surface area contributed by atoms with E-state index in [1.165, 1.54) is 6.20 Å². The Kier molecular flexibility index (Phi) is 5.51. The molecule has 0 saturated carbocycles. The Labute approximate surface area is 156 Å². The molecule has 0 aliphatic rings. The summed E-state index contributed by atoms with van der Waals surface area (Å²) in [6.45, 7) is 3.85. The van der Waals surface area contributed by atoms with E-state index in [1.807, 2.05) is 44.2 Å². The highest BCUT2D eigenvalue weighted by Crippen LogP contribution is 2.20. The van der Waals surface area contributed by atoms with Crippen molar-refractivity contribution in [2.24, 2.45) is 0 Å². The summed E-state index contributed by atoms with van der Waals surface area (Å²) in [5.41, 5.74) is 6.96. The molecule has 3 aromatic rings. The van der Waals surface area contributed by atoms with Gasteiger partial charge < -0.3 is 4.74 Å². The first-order chi connectivity index (χ1) is 13.0. The second kappa shape index (κ2) is 8.18. The third-order valence-corrected chi connectivity index (χ3v) is 3.72. The van der Waals surface area contributed by atoms with Gasteiger partial charge in [0.1, 0.15) is 5.75 Å². The summed E-state index contributed by atoms with van der Waals surface area (Å²) in [6.07, 6.45) is 1.47. The van der Waals surface area contributed by atoms with E-state index in [-0.39, 0.29) is 6.10 Å². The molecule has 0 aliphatic carbocycles. The van der Waals surface area contributed by atoms with Crippen LogP contribution in [0.3, 0.4) is 0 Å². The summed E-state index contributed by atoms with van der Waals surface area (Å²) >= 11 is 0. The number of benzene rings is 2. The first-order valence-corrected chi connectivity index (χ1v) is 8.51. The average Bonchev–Trinajstić information content (AvgIpc) is 3.16. The van der Waals surface area contributed by atoms with Crippen LogP contribution in [-0.2, 0) is 0 Å². The van der Waals surface area contributed by atoms with Gasteiger partial charge in [0.2, 0.25) is 0 Å². The normalized spacial score (nSPS) is 10.5. The number of hydrogen-bond donors (Lipinski definition) is 3. The summed E-state index contributed by atoms with van der Waals surface area (Å²) < 4.78 is 5.54. The first-order valence-electron chi connectivity index (χ1n) is 8.51. The number of hydrogen-bond acceptors (Lipinski definition) is 4. The van der Waals surface area contributed by atoms with Crippen molar-refractivity contribution in [3.8, 4) is 17.0 Å². The number of carbonyl (C=O) groups is 2. The molecule has 138 valence electrons. The summed E-state index contributed by atoms with van der Waals surface area (Å²) in [5.74, 6) is -0.212. The Bertz CT molecular complexity index is 918. The van der Waals surface area contributed by atoms with Crippen molar-refractivity contribution in [2.45, 2.75) is 20.0 Å². The average molecular weight is 364 g/mol. The van der Waals surface area contributed by atoms with Gasteiger partial charge in [-0.05, 0) is 38.1 Å². The topological polar surface area (TPSA) is 96.1 Å². The molecule has 3 rings (SSSR count). The van der Waals surface area contributed by atoms with Gasteiger partial charge in [0.05, 0.1) is 23.6 Å². The Morgan fingerprint density at radius 1 is 0.963 bits per heavy atom. The maximum atomic E-state index is 12.4. The highest BCUT2D eigenvalue weighted by molar-refractivity contribution is 6.02. The number of carbonyl (C=O) groups excluding carboxylic acids is 2. The molecule has 0 radical (unpaired) electrons. The van der Waals surface area contributed by atoms with Gasteiger partial charge in [-0.2, -0.15) is 5.10 Å². The van der Waals surface area contributed by atoms with Crippen LogP contribution in [-0.4, -0.2) is 28.1 Å². The summed E-state index contributed by atoms with van der Waals surface area (Å²) in [7, 11) is 0. The van der Waals surface area contributed by atoms with E-state index in [2.05, 4.69) is 21.0 Å². The summed E-state index contributed by atoms with van der Waals surface area (Å²) in [5, 5.41) is 6.73. The number of ether oxygens (including phenoxy) is 1. The lowest BCUT2D eigenvalue weighted by molar-refractivity contribution is 0.0847. The molecule has 0 fully saturated rings. The number of aromatic nitrogens is 2. The standard InChI is InChI=1S/C20H20N4O3/c1-13(2)27-16-10-8-15(9-11-16)19(25)23-24-20(26)17-12-21-22-18(17)14-6-4-3-5-7-14/h3-13H,1-2H3,(H,21,22)(H,23,25)(H,24,26). The second-order valence-corrected chi connectivity index (χ2v) is 6.12. The van der Waals surface area contributed by atoms with E-state index in [0.29, 0.717) is 22.6 Å². The van der Waals surface area contributed by atoms with E-state index in [0.717, 1.165) is 5.56 Å². The largest absolute Gasteiger partial charge is 0.491 e. The number of nitrogens with zero attached hydrogens (tertiary/aromatic N) is 1. The van der Waals surface area contributed by atoms with Gasteiger partial charge in [-0.3, -0.25) is 25.5 Å². The van der Waals surface area contributed by atoms with Crippen molar-refractivity contribution in [1.29, 1.82) is 0 Å². The molecule has 0 unspecified atom stereocenters. The fourth-order valence-electron chi connectivity index (χ4n) is 2.49. The minimum absolute atomic E-state index is 0.0535. The van der Waals surface area contributed by atoms with Crippen LogP contribution >= 0.6 is 0 Å². The number of aromatic amines is 1. The van der Waals surface area contributed by atoms with Gasteiger partial charge in [0.15, 0.2) is 0 Å². The van der Waals surface area contributed by atoms with E-state index >= 15 is 0 Å². The zero-order chi connectivity index (χ0) is 19.2. The zero-order valence-corrected chi connectivity index (χ0v) is 15.0. The Morgan fingerprint density at radius 3 is 2.30 bits per heavy atom. The molecule has 2 amide bonds. The van der Waals surface area contributed by atoms with E-state index in [4.69, 9.17) is 4.74 Å². The number of nitrogens with one attached hydrogen (secondary N) is 3. The van der Waals surface area contributed by atoms with Gasteiger partial charge in [-0.1, -0.05) is 30.3 Å². The molecule has 7 heteroatoms. The molecule has 27 heavy (non-hydrogen) atoms. The van der Waals surface area contributed by atoms with Crippen LogP contribution in [0, 0.1) is 0 Å². The molecule has 0 saturated heterocycles. The molecule has 7 nitrogen and oxygen atoms in total. The van der Waals surface area contributed by atoms with Crippen molar-refractivity contribution < 1.29 is 14.3 Å². The minimum Gasteiger partial charge on any atom is -0.491 e. The molecule has 0 atom stereocenters. The van der Waals surface area contributed by atoms with Crippen molar-refractivity contribution in [3.63, 3.8) is 0 Å². The third kappa shape index (κ3) is 4.52. The second-order valence-electron chi connectivity index (χ2n) is 6.12. The molecular weight excluding hydrogens is 344 g/mol. The third-order valence-electron chi connectivity index (χ3n) is 3.72. The fraction of sp³-hybridized carbons (Fsp3) is 0.150.